The van der Waals surface area contributed by atoms with Crippen molar-refractivity contribution in [3.05, 3.63) is 69.8 Å². The highest BCUT2D eigenvalue weighted by Crippen LogP contribution is 2.34. The lowest BCUT2D eigenvalue weighted by Crippen LogP contribution is -2.48. The van der Waals surface area contributed by atoms with Crippen LogP contribution in [0.1, 0.15) is 23.6 Å². The van der Waals surface area contributed by atoms with E-state index in [1.165, 1.54) is 18.6 Å². The van der Waals surface area contributed by atoms with Crippen LogP contribution in [0.3, 0.4) is 0 Å². The van der Waals surface area contributed by atoms with Crippen LogP contribution in [0.5, 0.6) is 5.75 Å². The zero-order valence-electron chi connectivity index (χ0n) is 16.6. The lowest BCUT2D eigenvalue weighted by Gasteiger charge is -2.30. The third kappa shape index (κ3) is 3.36. The molecule has 0 amide bonds. The van der Waals surface area contributed by atoms with E-state index in [9.17, 15) is 19.8 Å². The summed E-state index contributed by atoms with van der Waals surface area (Å²) in [7, 11) is 0. The lowest BCUT2D eigenvalue weighted by atomic mass is 9.99. The number of nitriles is 1. The van der Waals surface area contributed by atoms with Gasteiger partial charge in [-0.3, -0.25) is 20.0 Å². The lowest BCUT2D eigenvalue weighted by molar-refractivity contribution is -0.505. The van der Waals surface area contributed by atoms with Crippen molar-refractivity contribution in [2.75, 3.05) is 6.61 Å². The molecule has 1 N–H and O–H groups in total. The van der Waals surface area contributed by atoms with Gasteiger partial charge in [0.2, 0.25) is 5.96 Å². The number of hydrogen-bond acceptors (Lipinski definition) is 8. The van der Waals surface area contributed by atoms with Gasteiger partial charge in [0, 0.05) is 22.9 Å². The molecule has 0 bridgehead atoms. The fourth-order valence-corrected chi connectivity index (χ4v) is 3.89. The van der Waals surface area contributed by atoms with Crippen molar-refractivity contribution in [2.24, 2.45) is 9.98 Å². The molecule has 32 heavy (non-hydrogen) atoms. The first-order chi connectivity index (χ1) is 15.5. The van der Waals surface area contributed by atoms with Crippen molar-refractivity contribution in [1.29, 1.82) is 5.26 Å². The second-order valence-electron chi connectivity index (χ2n) is 7.37. The predicted molar refractivity (Wildman–Crippen MR) is 113 cm³/mol. The third-order valence-electron chi connectivity index (χ3n) is 5.45. The molecule has 0 saturated carbocycles. The number of ether oxygens (including phenoxy) is 1. The first-order valence-corrected chi connectivity index (χ1v) is 9.85. The molecule has 3 unspecified atom stereocenters. The summed E-state index contributed by atoms with van der Waals surface area (Å²) in [5.74, 6) is -0.135. The zero-order chi connectivity index (χ0) is 22.2. The Kier molecular flexibility index (Phi) is 4.84. The van der Waals surface area contributed by atoms with E-state index in [0.717, 1.165) is 0 Å². The normalized spacial score (nSPS) is 22.0. The highest BCUT2D eigenvalue weighted by molar-refractivity contribution is 5.98. The van der Waals surface area contributed by atoms with Gasteiger partial charge in [0.1, 0.15) is 6.33 Å². The zero-order valence-corrected chi connectivity index (χ0v) is 16.6. The molecule has 0 saturated heterocycles. The molecule has 2 aromatic carbocycles. The Morgan fingerprint density at radius 2 is 2.22 bits per heavy atom. The summed E-state index contributed by atoms with van der Waals surface area (Å²) in [6, 6.07) is 10.1. The number of fused-ring (bicyclic) bond motifs is 2. The van der Waals surface area contributed by atoms with E-state index in [4.69, 9.17) is 4.74 Å². The molecule has 3 atom stereocenters. The van der Waals surface area contributed by atoms with Gasteiger partial charge >= 0.3 is 0 Å². The second-order valence-corrected chi connectivity index (χ2v) is 7.37. The SMILES string of the molecule is N#Cc1ccc2ncn(C3=NC(NC4CCOc5c(F)cccc54)C([N+](=O)[O-])C=N3)c2c1. The molecule has 2 aliphatic heterocycles. The van der Waals surface area contributed by atoms with Crippen molar-refractivity contribution < 1.29 is 14.1 Å². The third-order valence-corrected chi connectivity index (χ3v) is 5.45. The summed E-state index contributed by atoms with van der Waals surface area (Å²) in [5, 5.41) is 24.0. The smallest absolute Gasteiger partial charge is 0.283 e. The van der Waals surface area contributed by atoms with Gasteiger partial charge in [0.05, 0.1) is 35.5 Å². The highest BCUT2D eigenvalue weighted by atomic mass is 19.1. The largest absolute Gasteiger partial charge is 0.490 e. The number of rotatable bonds is 3. The number of para-hydroxylation sites is 1. The summed E-state index contributed by atoms with van der Waals surface area (Å²) in [6.07, 6.45) is 2.28. The summed E-state index contributed by atoms with van der Waals surface area (Å²) >= 11 is 0. The van der Waals surface area contributed by atoms with Crippen LogP contribution in [0, 0.1) is 27.3 Å². The number of nitrogens with zero attached hydrogens (tertiary/aromatic N) is 6. The molecule has 5 rings (SSSR count). The molecular formula is C21H16FN7O3. The van der Waals surface area contributed by atoms with Crippen molar-refractivity contribution in [3.63, 3.8) is 0 Å². The Morgan fingerprint density at radius 1 is 1.34 bits per heavy atom. The monoisotopic (exact) mass is 433 g/mol. The summed E-state index contributed by atoms with van der Waals surface area (Å²) in [5.41, 5.74) is 2.27. The number of hydrogen-bond donors (Lipinski definition) is 1. The number of imidazole rings is 1. The Hall–Kier alpha value is -4.17. The van der Waals surface area contributed by atoms with Gasteiger partial charge in [0.15, 0.2) is 17.7 Å². The van der Waals surface area contributed by atoms with Crippen molar-refractivity contribution in [2.45, 2.75) is 24.7 Å². The van der Waals surface area contributed by atoms with E-state index < -0.39 is 22.9 Å². The molecule has 3 heterocycles. The molecule has 2 aliphatic rings. The molecule has 0 radical (unpaired) electrons. The second kappa shape index (κ2) is 7.82. The number of nitrogens with one attached hydrogen (secondary N) is 1. The average Bonchev–Trinajstić information content (AvgIpc) is 3.23. The van der Waals surface area contributed by atoms with Gasteiger partial charge in [-0.05, 0) is 24.3 Å². The van der Waals surface area contributed by atoms with E-state index in [2.05, 4.69) is 26.4 Å². The molecule has 3 aromatic rings. The molecule has 10 nitrogen and oxygen atoms in total. The number of nitro groups is 1. The number of halogens is 1. The van der Waals surface area contributed by atoms with Crippen LogP contribution < -0.4 is 10.1 Å². The maximum absolute atomic E-state index is 14.1. The summed E-state index contributed by atoms with van der Waals surface area (Å²) in [4.78, 5) is 24.2. The van der Waals surface area contributed by atoms with E-state index in [-0.39, 0.29) is 24.4 Å². The van der Waals surface area contributed by atoms with E-state index in [1.54, 1.807) is 34.9 Å². The van der Waals surface area contributed by atoms with Crippen LogP contribution in [-0.4, -0.2) is 45.5 Å². The van der Waals surface area contributed by atoms with Gasteiger partial charge in [-0.15, -0.1) is 0 Å². The molecule has 1 aromatic heterocycles. The fourth-order valence-electron chi connectivity index (χ4n) is 3.89. The average molecular weight is 433 g/mol. The molecule has 0 spiro atoms. The molecule has 11 heteroatoms. The Balaban J connectivity index is 1.52. The number of aromatic nitrogens is 2. The van der Waals surface area contributed by atoms with Crippen molar-refractivity contribution >= 4 is 23.2 Å². The van der Waals surface area contributed by atoms with E-state index in [1.807, 2.05) is 0 Å². The highest BCUT2D eigenvalue weighted by Gasteiger charge is 2.37. The van der Waals surface area contributed by atoms with Gasteiger partial charge < -0.3 is 4.74 Å². The Morgan fingerprint density at radius 3 is 3.03 bits per heavy atom. The standard InChI is InChI=1S/C21H16FN7O3/c22-14-3-1-2-13-15(6-7-32-19(13)14)26-20-18(29(30)31)10-24-21(27-20)28-11-25-16-5-4-12(9-23)8-17(16)28/h1-5,8,10-11,15,18,20,26H,6-7H2. The number of benzene rings is 2. The van der Waals surface area contributed by atoms with Gasteiger partial charge in [-0.2, -0.15) is 5.26 Å². The first-order valence-electron chi connectivity index (χ1n) is 9.85. The van der Waals surface area contributed by atoms with Gasteiger partial charge in [-0.1, -0.05) is 12.1 Å². The fraction of sp³-hybridized carbons (Fsp3) is 0.238. The van der Waals surface area contributed by atoms with Crippen LogP contribution >= 0.6 is 0 Å². The van der Waals surface area contributed by atoms with Crippen molar-refractivity contribution in [1.82, 2.24) is 14.9 Å². The van der Waals surface area contributed by atoms with Crippen LogP contribution in [0.4, 0.5) is 4.39 Å². The minimum Gasteiger partial charge on any atom is -0.490 e. The molecule has 160 valence electrons. The van der Waals surface area contributed by atoms with Crippen LogP contribution in [0.2, 0.25) is 0 Å². The maximum atomic E-state index is 14.1. The first kappa shape index (κ1) is 19.8. The van der Waals surface area contributed by atoms with Crippen LogP contribution in [0.15, 0.2) is 52.7 Å². The topological polar surface area (TPSA) is 131 Å². The van der Waals surface area contributed by atoms with Gasteiger partial charge in [0.25, 0.3) is 6.04 Å². The number of aliphatic imine (C=N–C) groups is 2. The summed E-state index contributed by atoms with van der Waals surface area (Å²) in [6.45, 7) is 0.273. The van der Waals surface area contributed by atoms with Gasteiger partial charge in [-0.25, -0.2) is 19.4 Å². The minimum atomic E-state index is -1.21. The van der Waals surface area contributed by atoms with E-state index in [0.29, 0.717) is 28.6 Å². The van der Waals surface area contributed by atoms with Crippen molar-refractivity contribution in [3.8, 4) is 11.8 Å². The Bertz CT molecular complexity index is 1330. The summed E-state index contributed by atoms with van der Waals surface area (Å²) < 4.78 is 21.2. The maximum Gasteiger partial charge on any atom is 0.283 e. The quantitative estimate of drug-likeness (QED) is 0.499. The molecule has 0 aliphatic carbocycles. The minimum absolute atomic E-state index is 0.146. The van der Waals surface area contributed by atoms with E-state index >= 15 is 0 Å². The molecule has 0 fully saturated rings. The Labute approximate surface area is 180 Å². The predicted octanol–water partition coefficient (Wildman–Crippen LogP) is 2.42. The molecular weight excluding hydrogens is 417 g/mol. The van der Waals surface area contributed by atoms with Crippen LogP contribution in [0.25, 0.3) is 11.0 Å². The van der Waals surface area contributed by atoms with Crippen LogP contribution in [-0.2, 0) is 0 Å².